The number of aryl methyl sites for hydroxylation is 2. The second-order valence-corrected chi connectivity index (χ2v) is 23.0. The van der Waals surface area contributed by atoms with E-state index >= 15 is 0 Å². The molecule has 0 bridgehead atoms. The molecular weight excluding hydrogens is 1060 g/mol. The first-order chi connectivity index (χ1) is 36.0. The molecule has 0 amide bonds. The normalized spacial score (nSPS) is 14.1. The summed E-state index contributed by atoms with van der Waals surface area (Å²) in [5.41, 5.74) is 11.3. The van der Waals surface area contributed by atoms with Crippen LogP contribution in [0.15, 0.2) is 146 Å². The van der Waals surface area contributed by atoms with E-state index in [2.05, 4.69) is 177 Å². The first-order valence-corrected chi connectivity index (χ1v) is 24.5. The van der Waals surface area contributed by atoms with Crippen molar-refractivity contribution in [3.05, 3.63) is 198 Å². The summed E-state index contributed by atoms with van der Waals surface area (Å²) in [4.78, 5) is 4.86. The van der Waals surface area contributed by atoms with Crippen LogP contribution in [0, 0.1) is 32.2 Å². The van der Waals surface area contributed by atoms with Gasteiger partial charge in [0.1, 0.15) is 5.82 Å². The van der Waals surface area contributed by atoms with Crippen LogP contribution < -0.4 is 9.30 Å². The summed E-state index contributed by atoms with van der Waals surface area (Å²) in [6, 6.07) is 52.9. The van der Waals surface area contributed by atoms with Gasteiger partial charge in [0.15, 0.2) is 0 Å². The number of hydrogen-bond acceptors (Lipinski definition) is 2. The SMILES string of the molecule is [2H]C([2H])([2H])c1cccc(C([2H])([2H])[2H])c1-c1ccc2c(c1)n(-c1[c-]c(Oc3[c-]c4c(cc3)c3ccccc3n4-c3cc(C(C)(C)C)ccn3)ccc1)[c-][n+]2-c1c(-c2cccc(C(C)(C)C)c2)cc(C(C)(C)C)cc1C(C)(C)C.[Pt]. The van der Waals surface area contributed by atoms with Gasteiger partial charge >= 0.3 is 0 Å². The average Bonchev–Trinajstić information content (AvgIpc) is 4.03. The van der Waals surface area contributed by atoms with Gasteiger partial charge in [0, 0.05) is 52.5 Å². The molecular formula is C66H66N4OPt-2. The van der Waals surface area contributed by atoms with Crippen molar-refractivity contribution in [1.29, 1.82) is 0 Å². The van der Waals surface area contributed by atoms with Crippen LogP contribution in [0.5, 0.6) is 11.5 Å². The van der Waals surface area contributed by atoms with Gasteiger partial charge in [-0.3, -0.25) is 4.57 Å². The number of rotatable bonds is 7. The van der Waals surface area contributed by atoms with Crippen molar-refractivity contribution in [2.24, 2.45) is 0 Å². The van der Waals surface area contributed by atoms with Crippen LogP contribution in [-0.2, 0) is 42.7 Å². The third kappa shape index (κ3) is 9.38. The fraction of sp³-hybridized carbons (Fsp3) is 0.273. The number of ether oxygens (including phenoxy) is 1. The van der Waals surface area contributed by atoms with E-state index in [1.54, 1.807) is 0 Å². The zero-order valence-electron chi connectivity index (χ0n) is 49.4. The first kappa shape index (κ1) is 43.1. The van der Waals surface area contributed by atoms with Crippen LogP contribution in [0.2, 0.25) is 0 Å². The summed E-state index contributed by atoms with van der Waals surface area (Å²) in [5.74, 6) is 1.69. The molecule has 3 aromatic heterocycles. The summed E-state index contributed by atoms with van der Waals surface area (Å²) < 4.78 is 64.5. The van der Waals surface area contributed by atoms with Crippen LogP contribution in [0.25, 0.3) is 72.3 Å². The molecule has 0 aliphatic rings. The van der Waals surface area contributed by atoms with Crippen LogP contribution >= 0.6 is 0 Å². The van der Waals surface area contributed by atoms with Crippen molar-refractivity contribution < 1.29 is 38.6 Å². The molecule has 10 aromatic rings. The Labute approximate surface area is 450 Å². The molecule has 0 saturated carbocycles. The van der Waals surface area contributed by atoms with Gasteiger partial charge in [0.25, 0.3) is 6.33 Å². The summed E-state index contributed by atoms with van der Waals surface area (Å²) in [6.45, 7) is 21.5. The number of hydrogen-bond donors (Lipinski definition) is 0. The van der Waals surface area contributed by atoms with E-state index in [4.69, 9.17) is 17.9 Å². The molecule has 0 atom stereocenters. The van der Waals surface area contributed by atoms with Gasteiger partial charge in [-0.15, -0.1) is 29.7 Å². The molecule has 368 valence electrons. The number of nitrogens with zero attached hydrogens (tertiary/aromatic N) is 4. The zero-order valence-corrected chi connectivity index (χ0v) is 45.6. The first-order valence-electron chi connectivity index (χ1n) is 27.5. The second-order valence-electron chi connectivity index (χ2n) is 23.0. The fourth-order valence-electron chi connectivity index (χ4n) is 9.65. The predicted octanol–water partition coefficient (Wildman–Crippen LogP) is 16.7. The standard InChI is InChI=1S/C66H66N4O.Pt/c1-42-20-17-21-43(2)61(42)45-28-31-57-59(35-45)68(41-69(57)62-54(44-22-18-23-46(34-44)63(3,4)5)36-48(65(9,10)11)37-55(62)66(12,13)14)49-24-19-25-50(39-49)71-51-29-30-53-52-26-15-16-27-56(52)70(58(53)40-51)60-38-47(32-33-67-60)64(6,7)8;/h15-38H,1-14H3;/q-2;/i1D3,2D3;. The van der Waals surface area contributed by atoms with Gasteiger partial charge in [-0.2, -0.15) is 18.2 Å². The van der Waals surface area contributed by atoms with E-state index in [0.717, 1.165) is 61.1 Å². The van der Waals surface area contributed by atoms with Crippen molar-refractivity contribution >= 4 is 32.8 Å². The monoisotopic (exact) mass is 1130 g/mol. The molecule has 72 heavy (non-hydrogen) atoms. The molecule has 0 fully saturated rings. The Morgan fingerprint density at radius 1 is 0.556 bits per heavy atom. The van der Waals surface area contributed by atoms with Crippen molar-refractivity contribution in [3.8, 4) is 50.9 Å². The number of aromatic nitrogens is 4. The summed E-state index contributed by atoms with van der Waals surface area (Å²) in [6.07, 6.45) is 5.66. The summed E-state index contributed by atoms with van der Waals surface area (Å²) in [5, 5.41) is 2.09. The maximum atomic E-state index is 8.61. The van der Waals surface area contributed by atoms with E-state index in [9.17, 15) is 0 Å². The number of benzene rings is 7. The third-order valence-corrected chi connectivity index (χ3v) is 13.7. The smallest absolute Gasteiger partial charge is 0.268 e. The van der Waals surface area contributed by atoms with E-state index in [-0.39, 0.29) is 59.4 Å². The molecule has 0 saturated heterocycles. The Balaban J connectivity index is 0.00000740. The molecule has 0 aliphatic carbocycles. The van der Waals surface area contributed by atoms with Crippen LogP contribution in [-0.4, -0.2) is 14.1 Å². The summed E-state index contributed by atoms with van der Waals surface area (Å²) >= 11 is 0. The van der Waals surface area contributed by atoms with Gasteiger partial charge in [-0.1, -0.05) is 174 Å². The largest absolute Gasteiger partial charge is 0.510 e. The minimum atomic E-state index is -2.60. The van der Waals surface area contributed by atoms with Gasteiger partial charge in [0.2, 0.25) is 0 Å². The van der Waals surface area contributed by atoms with Gasteiger partial charge in [-0.25, -0.2) is 4.98 Å². The zero-order chi connectivity index (χ0) is 55.4. The van der Waals surface area contributed by atoms with Crippen molar-refractivity contribution in [1.82, 2.24) is 14.1 Å². The van der Waals surface area contributed by atoms with E-state index in [0.29, 0.717) is 28.3 Å². The Morgan fingerprint density at radius 3 is 1.94 bits per heavy atom. The third-order valence-electron chi connectivity index (χ3n) is 13.7. The molecule has 5 nitrogen and oxygen atoms in total. The molecule has 0 N–H and O–H groups in total. The minimum absolute atomic E-state index is 0. The topological polar surface area (TPSA) is 35.9 Å². The van der Waals surface area contributed by atoms with Crippen molar-refractivity contribution in [2.75, 3.05) is 0 Å². The fourth-order valence-corrected chi connectivity index (χ4v) is 9.65. The van der Waals surface area contributed by atoms with E-state index < -0.39 is 13.7 Å². The maximum absolute atomic E-state index is 8.61. The van der Waals surface area contributed by atoms with Crippen LogP contribution in [0.4, 0.5) is 0 Å². The number of imidazole rings is 1. The van der Waals surface area contributed by atoms with Crippen molar-refractivity contribution in [3.63, 3.8) is 0 Å². The Bertz CT molecular complexity index is 3900. The molecule has 0 unspecified atom stereocenters. The van der Waals surface area contributed by atoms with Crippen LogP contribution in [0.3, 0.4) is 0 Å². The molecule has 0 radical (unpaired) electrons. The van der Waals surface area contributed by atoms with E-state index in [1.807, 2.05) is 65.4 Å². The quantitative estimate of drug-likeness (QED) is 0.118. The molecule has 0 spiro atoms. The Hall–Kier alpha value is -6.55. The molecule has 7 aromatic carbocycles. The molecule has 6 heteroatoms. The minimum Gasteiger partial charge on any atom is -0.510 e. The van der Waals surface area contributed by atoms with Gasteiger partial charge in [0.05, 0.1) is 16.7 Å². The number of fused-ring (bicyclic) bond motifs is 4. The van der Waals surface area contributed by atoms with Crippen LogP contribution in [0.1, 0.15) is 125 Å². The van der Waals surface area contributed by atoms with Gasteiger partial charge < -0.3 is 13.9 Å². The molecule has 10 rings (SSSR count). The number of para-hydroxylation sites is 1. The molecule has 0 aliphatic heterocycles. The maximum Gasteiger partial charge on any atom is 0.268 e. The van der Waals surface area contributed by atoms with E-state index in [1.165, 1.54) is 29.3 Å². The average molecular weight is 1130 g/mol. The summed E-state index contributed by atoms with van der Waals surface area (Å²) in [7, 11) is 0. The molecule has 3 heterocycles. The van der Waals surface area contributed by atoms with Gasteiger partial charge in [-0.05, 0) is 126 Å². The second kappa shape index (κ2) is 18.5. The Kier molecular flexibility index (Phi) is 11.1. The Morgan fingerprint density at radius 2 is 1.24 bits per heavy atom. The number of pyridine rings is 1. The predicted molar refractivity (Wildman–Crippen MR) is 295 cm³/mol. The van der Waals surface area contributed by atoms with Crippen molar-refractivity contribution in [2.45, 2.75) is 118 Å².